The van der Waals surface area contributed by atoms with Gasteiger partial charge in [-0.25, -0.2) is 13.2 Å². The van der Waals surface area contributed by atoms with Crippen molar-refractivity contribution in [3.05, 3.63) is 89.5 Å². The van der Waals surface area contributed by atoms with Gasteiger partial charge in [-0.3, -0.25) is 9.62 Å². The Hall–Kier alpha value is -3.36. The summed E-state index contributed by atoms with van der Waals surface area (Å²) in [7, 11) is -1.71. The van der Waals surface area contributed by atoms with Gasteiger partial charge in [0.2, 0.25) is 0 Å². The minimum Gasteiger partial charge on any atom is -0.331 e. The molecule has 3 N–H and O–H groups in total. The molecule has 1 aliphatic rings. The first-order chi connectivity index (χ1) is 15.3. The summed E-state index contributed by atoms with van der Waals surface area (Å²) in [5, 5.41) is 5.60. The molecule has 166 valence electrons. The third-order valence-corrected chi connectivity index (χ3v) is 6.81. The fraction of sp³-hybridized carbons (Fsp3) is 0.208. The number of rotatable bonds is 6. The predicted octanol–water partition coefficient (Wildman–Crippen LogP) is 4.32. The second-order valence-corrected chi connectivity index (χ2v) is 9.70. The average Bonchev–Trinajstić information content (AvgIpc) is 3.13. The molecule has 7 nitrogen and oxygen atoms in total. The molecule has 3 aromatic carbocycles. The lowest BCUT2D eigenvalue weighted by Crippen LogP contribution is -2.31. The molecule has 0 bridgehead atoms. The van der Waals surface area contributed by atoms with Crippen LogP contribution in [0.3, 0.4) is 0 Å². The Labute approximate surface area is 188 Å². The molecule has 4 rings (SSSR count). The summed E-state index contributed by atoms with van der Waals surface area (Å²) in [6, 6.07) is 20.8. The number of fused-ring (bicyclic) bond motifs is 1. The summed E-state index contributed by atoms with van der Waals surface area (Å²) in [6.45, 7) is 3.57. The molecule has 0 spiro atoms. The van der Waals surface area contributed by atoms with Crippen LogP contribution < -0.4 is 15.4 Å². The molecule has 0 saturated heterocycles. The second-order valence-electron chi connectivity index (χ2n) is 8.02. The summed E-state index contributed by atoms with van der Waals surface area (Å²) in [5.74, 6) is 0. The van der Waals surface area contributed by atoms with Crippen molar-refractivity contribution in [2.24, 2.45) is 0 Å². The number of nitrogens with zero attached hydrogens (tertiary/aromatic N) is 1. The van der Waals surface area contributed by atoms with E-state index in [4.69, 9.17) is 0 Å². The predicted molar refractivity (Wildman–Crippen MR) is 126 cm³/mol. The first-order valence-corrected chi connectivity index (χ1v) is 11.8. The zero-order valence-corrected chi connectivity index (χ0v) is 18.8. The molecule has 1 heterocycles. The molecule has 1 atom stereocenters. The van der Waals surface area contributed by atoms with Crippen molar-refractivity contribution >= 4 is 27.4 Å². The van der Waals surface area contributed by atoms with E-state index in [1.165, 1.54) is 17.7 Å². The number of anilines is 2. The quantitative estimate of drug-likeness (QED) is 0.522. The summed E-state index contributed by atoms with van der Waals surface area (Å²) in [5.41, 5.74) is 4.37. The first-order valence-electron chi connectivity index (χ1n) is 10.4. The number of sulfonamides is 1. The van der Waals surface area contributed by atoms with Crippen molar-refractivity contribution in [2.45, 2.75) is 31.0 Å². The van der Waals surface area contributed by atoms with Crippen molar-refractivity contribution in [1.29, 1.82) is 0 Å². The van der Waals surface area contributed by atoms with E-state index in [1.54, 1.807) is 18.2 Å². The van der Waals surface area contributed by atoms with Crippen LogP contribution in [-0.2, 0) is 23.1 Å². The van der Waals surface area contributed by atoms with E-state index in [-0.39, 0.29) is 17.0 Å². The Morgan fingerprint density at radius 1 is 0.906 bits per heavy atom. The fourth-order valence-corrected chi connectivity index (χ4v) is 4.80. The molecule has 0 aromatic heterocycles. The molecule has 0 aliphatic carbocycles. The smallest absolute Gasteiger partial charge is 0.319 e. The lowest BCUT2D eigenvalue weighted by molar-refractivity contribution is 0.249. The maximum absolute atomic E-state index is 12.8. The van der Waals surface area contributed by atoms with Crippen LogP contribution in [0.15, 0.2) is 77.7 Å². The molecule has 0 unspecified atom stereocenters. The molecular formula is C24H26N4O3S. The Balaban J connectivity index is 1.38. The highest BCUT2D eigenvalue weighted by Gasteiger charge is 2.19. The van der Waals surface area contributed by atoms with E-state index in [2.05, 4.69) is 20.3 Å². The Bertz CT molecular complexity index is 1210. The molecule has 3 aromatic rings. The summed E-state index contributed by atoms with van der Waals surface area (Å²) in [6.07, 6.45) is 0. The van der Waals surface area contributed by atoms with Crippen LogP contribution in [0.2, 0.25) is 0 Å². The third-order valence-electron chi connectivity index (χ3n) is 5.41. The van der Waals surface area contributed by atoms with Gasteiger partial charge in [-0.1, -0.05) is 36.4 Å². The van der Waals surface area contributed by atoms with Gasteiger partial charge in [-0.05, 0) is 67.1 Å². The highest BCUT2D eigenvalue weighted by atomic mass is 32.2. The lowest BCUT2D eigenvalue weighted by Gasteiger charge is -2.15. The standard InChI is InChI=1S/C24H26N4O3S/c1-17(18-6-4-3-5-7-18)25-24(29)26-21-10-12-23(13-11-21)32(30,31)27-22-9-8-19-15-28(2)16-20(19)14-22/h3-14,17,27H,15-16H2,1-2H3,(H2,25,26,29)/t17-/m1/s1. The SMILES string of the molecule is C[C@@H](NC(=O)Nc1ccc(S(=O)(=O)Nc2ccc3c(c2)CN(C)C3)cc1)c1ccccc1. The molecule has 8 heteroatoms. The van der Waals surface area contributed by atoms with E-state index < -0.39 is 10.0 Å². The van der Waals surface area contributed by atoms with Crippen LogP contribution in [0.1, 0.15) is 29.7 Å². The maximum Gasteiger partial charge on any atom is 0.319 e. The molecule has 0 fully saturated rings. The van der Waals surface area contributed by atoms with E-state index >= 15 is 0 Å². The molecule has 32 heavy (non-hydrogen) atoms. The summed E-state index contributed by atoms with van der Waals surface area (Å²) >= 11 is 0. The van der Waals surface area contributed by atoms with Crippen LogP contribution >= 0.6 is 0 Å². The number of amides is 2. The van der Waals surface area contributed by atoms with E-state index in [1.807, 2.05) is 56.4 Å². The number of nitrogens with one attached hydrogen (secondary N) is 3. The van der Waals surface area contributed by atoms with Crippen LogP contribution in [-0.4, -0.2) is 26.4 Å². The molecule has 0 radical (unpaired) electrons. The average molecular weight is 451 g/mol. The summed E-state index contributed by atoms with van der Waals surface area (Å²) in [4.78, 5) is 14.6. The van der Waals surface area contributed by atoms with Crippen LogP contribution in [0.5, 0.6) is 0 Å². The normalized spacial score (nSPS) is 14.4. The van der Waals surface area contributed by atoms with E-state index in [0.717, 1.165) is 24.2 Å². The third kappa shape index (κ3) is 5.09. The largest absolute Gasteiger partial charge is 0.331 e. The zero-order chi connectivity index (χ0) is 22.7. The van der Waals surface area contributed by atoms with Gasteiger partial charge in [0.15, 0.2) is 0 Å². The van der Waals surface area contributed by atoms with Gasteiger partial charge >= 0.3 is 6.03 Å². The second kappa shape index (κ2) is 9.02. The van der Waals surface area contributed by atoms with Crippen molar-refractivity contribution in [1.82, 2.24) is 10.2 Å². The van der Waals surface area contributed by atoms with Crippen LogP contribution in [0, 0.1) is 0 Å². The van der Waals surface area contributed by atoms with E-state index in [0.29, 0.717) is 11.4 Å². The monoisotopic (exact) mass is 450 g/mol. The molecule has 0 saturated carbocycles. The van der Waals surface area contributed by atoms with Crippen molar-refractivity contribution in [3.63, 3.8) is 0 Å². The minimum absolute atomic E-state index is 0.124. The number of hydrogen-bond donors (Lipinski definition) is 3. The zero-order valence-electron chi connectivity index (χ0n) is 18.0. The molecule has 2 amide bonds. The first kappa shape index (κ1) is 21.9. The highest BCUT2D eigenvalue weighted by Crippen LogP contribution is 2.26. The van der Waals surface area contributed by atoms with E-state index in [9.17, 15) is 13.2 Å². The van der Waals surface area contributed by atoms with Gasteiger partial charge in [0.05, 0.1) is 10.9 Å². The van der Waals surface area contributed by atoms with Crippen molar-refractivity contribution in [3.8, 4) is 0 Å². The minimum atomic E-state index is -3.74. The van der Waals surface area contributed by atoms with Crippen molar-refractivity contribution in [2.75, 3.05) is 17.1 Å². The van der Waals surface area contributed by atoms with Crippen LogP contribution in [0.4, 0.5) is 16.2 Å². The van der Waals surface area contributed by atoms with Gasteiger partial charge in [0.1, 0.15) is 0 Å². The van der Waals surface area contributed by atoms with Gasteiger partial charge < -0.3 is 10.6 Å². The number of benzene rings is 3. The Morgan fingerprint density at radius 3 is 2.28 bits per heavy atom. The number of hydrogen-bond acceptors (Lipinski definition) is 4. The summed E-state index contributed by atoms with van der Waals surface area (Å²) < 4.78 is 28.2. The van der Waals surface area contributed by atoms with Gasteiger partial charge in [0.25, 0.3) is 10.0 Å². The number of carbonyl (C=O) groups excluding carboxylic acids is 1. The van der Waals surface area contributed by atoms with Gasteiger partial charge in [0, 0.05) is 24.5 Å². The number of carbonyl (C=O) groups is 1. The van der Waals surface area contributed by atoms with Gasteiger partial charge in [-0.15, -0.1) is 0 Å². The molecule has 1 aliphatic heterocycles. The fourth-order valence-electron chi connectivity index (χ4n) is 3.75. The lowest BCUT2D eigenvalue weighted by atomic mass is 10.1. The Kier molecular flexibility index (Phi) is 6.16. The van der Waals surface area contributed by atoms with Crippen molar-refractivity contribution < 1.29 is 13.2 Å². The maximum atomic E-state index is 12.8. The Morgan fingerprint density at radius 2 is 1.56 bits per heavy atom. The molecular weight excluding hydrogens is 424 g/mol. The highest BCUT2D eigenvalue weighted by molar-refractivity contribution is 7.92. The van der Waals surface area contributed by atoms with Gasteiger partial charge in [-0.2, -0.15) is 0 Å². The number of urea groups is 1. The topological polar surface area (TPSA) is 90.5 Å². The van der Waals surface area contributed by atoms with Crippen LogP contribution in [0.25, 0.3) is 0 Å².